The SMILES string of the molecule is CN(C)CC1CC(O)CN1C(=O)c1cc2sccc2s1. The molecule has 1 aliphatic heterocycles. The van der Waals surface area contributed by atoms with Gasteiger partial charge in [-0.1, -0.05) is 0 Å². The molecular weight excluding hydrogens is 292 g/mol. The molecule has 2 aromatic rings. The summed E-state index contributed by atoms with van der Waals surface area (Å²) in [6.07, 6.45) is 0.272. The van der Waals surface area contributed by atoms with Crippen molar-refractivity contribution in [2.24, 2.45) is 0 Å². The van der Waals surface area contributed by atoms with Gasteiger partial charge in [0.1, 0.15) is 0 Å². The minimum atomic E-state index is -0.398. The smallest absolute Gasteiger partial charge is 0.264 e. The van der Waals surface area contributed by atoms with Crippen LogP contribution in [0.3, 0.4) is 0 Å². The van der Waals surface area contributed by atoms with Gasteiger partial charge in [0, 0.05) is 28.5 Å². The van der Waals surface area contributed by atoms with Gasteiger partial charge < -0.3 is 14.9 Å². The Morgan fingerprint density at radius 2 is 2.30 bits per heavy atom. The van der Waals surface area contributed by atoms with Crippen molar-refractivity contribution in [3.63, 3.8) is 0 Å². The highest BCUT2D eigenvalue weighted by Gasteiger charge is 2.35. The van der Waals surface area contributed by atoms with Crippen LogP contribution < -0.4 is 0 Å². The van der Waals surface area contributed by atoms with E-state index in [2.05, 4.69) is 11.0 Å². The van der Waals surface area contributed by atoms with Gasteiger partial charge in [0.15, 0.2) is 0 Å². The number of aliphatic hydroxyl groups is 1. The molecule has 0 aliphatic carbocycles. The summed E-state index contributed by atoms with van der Waals surface area (Å²) in [4.78, 5) is 17.3. The molecule has 6 heteroatoms. The van der Waals surface area contributed by atoms with E-state index in [0.717, 1.165) is 11.4 Å². The van der Waals surface area contributed by atoms with Crippen LogP contribution in [0.2, 0.25) is 0 Å². The average Bonchev–Trinajstić information content (AvgIpc) is 3.01. The molecule has 0 bridgehead atoms. The standard InChI is InChI=1S/C14H18N2O2S2/c1-15(2)7-9-5-10(17)8-16(9)14(18)13-6-12-11(20-13)3-4-19-12/h3-4,6,9-10,17H,5,7-8H2,1-2H3. The lowest BCUT2D eigenvalue weighted by Crippen LogP contribution is -2.41. The molecule has 0 radical (unpaired) electrons. The third-order valence-corrected chi connectivity index (χ3v) is 5.66. The molecule has 2 aromatic heterocycles. The number of hydrogen-bond acceptors (Lipinski definition) is 5. The van der Waals surface area contributed by atoms with Gasteiger partial charge in [-0.3, -0.25) is 4.79 Å². The number of β-amino-alcohol motifs (C(OH)–C–C–N with tert-alkyl or cyclic N) is 1. The summed E-state index contributed by atoms with van der Waals surface area (Å²) in [7, 11) is 3.99. The topological polar surface area (TPSA) is 43.8 Å². The lowest BCUT2D eigenvalue weighted by molar-refractivity contribution is 0.0704. The Bertz CT molecular complexity index is 591. The maximum absolute atomic E-state index is 12.7. The number of likely N-dealkylation sites (tertiary alicyclic amines) is 1. The summed E-state index contributed by atoms with van der Waals surface area (Å²) in [5, 5.41) is 11.9. The summed E-state index contributed by atoms with van der Waals surface area (Å²) < 4.78 is 2.34. The second kappa shape index (κ2) is 5.44. The van der Waals surface area contributed by atoms with Gasteiger partial charge in [0.2, 0.25) is 0 Å². The maximum Gasteiger partial charge on any atom is 0.264 e. The summed E-state index contributed by atoms with van der Waals surface area (Å²) in [5.41, 5.74) is 0. The molecular formula is C14H18N2O2S2. The number of carbonyl (C=O) groups excluding carboxylic acids is 1. The van der Waals surface area contributed by atoms with E-state index in [0.29, 0.717) is 13.0 Å². The number of rotatable bonds is 3. The molecule has 1 saturated heterocycles. The second-order valence-corrected chi connectivity index (χ2v) is 7.55. The molecule has 3 rings (SSSR count). The van der Waals surface area contributed by atoms with E-state index < -0.39 is 6.10 Å². The van der Waals surface area contributed by atoms with E-state index in [1.807, 2.05) is 30.4 Å². The Morgan fingerprint density at radius 1 is 1.50 bits per heavy atom. The van der Waals surface area contributed by atoms with Gasteiger partial charge >= 0.3 is 0 Å². The highest BCUT2D eigenvalue weighted by molar-refractivity contribution is 7.27. The molecule has 0 spiro atoms. The zero-order chi connectivity index (χ0) is 14.3. The van der Waals surface area contributed by atoms with Gasteiger partial charge in [-0.25, -0.2) is 0 Å². The minimum Gasteiger partial charge on any atom is -0.391 e. The van der Waals surface area contributed by atoms with Crippen molar-refractivity contribution in [1.82, 2.24) is 9.80 Å². The highest BCUT2D eigenvalue weighted by atomic mass is 32.1. The Labute approximate surface area is 126 Å². The Hall–Kier alpha value is -0.950. The van der Waals surface area contributed by atoms with Crippen molar-refractivity contribution in [1.29, 1.82) is 0 Å². The average molecular weight is 310 g/mol. The first-order valence-corrected chi connectivity index (χ1v) is 8.35. The van der Waals surface area contributed by atoms with Crippen molar-refractivity contribution in [2.45, 2.75) is 18.6 Å². The Kier molecular flexibility index (Phi) is 3.81. The fourth-order valence-electron chi connectivity index (χ4n) is 2.75. The lowest BCUT2D eigenvalue weighted by Gasteiger charge is -2.26. The molecule has 2 atom stereocenters. The van der Waals surface area contributed by atoms with Crippen LogP contribution in [0.4, 0.5) is 0 Å². The first kappa shape index (κ1) is 14.0. The summed E-state index contributed by atoms with van der Waals surface area (Å²) in [6.45, 7) is 1.24. The van der Waals surface area contributed by atoms with Gasteiger partial charge in [0.25, 0.3) is 5.91 Å². The molecule has 1 aliphatic rings. The zero-order valence-electron chi connectivity index (χ0n) is 11.6. The van der Waals surface area contributed by atoms with E-state index in [-0.39, 0.29) is 11.9 Å². The number of nitrogens with zero attached hydrogens (tertiary/aromatic N) is 2. The fraction of sp³-hybridized carbons (Fsp3) is 0.500. The predicted octanol–water partition coefficient (Wildman–Crippen LogP) is 2.10. The summed E-state index contributed by atoms with van der Waals surface area (Å²) in [6, 6.07) is 4.13. The van der Waals surface area contributed by atoms with Crippen molar-refractivity contribution in [3.8, 4) is 0 Å². The van der Waals surface area contributed by atoms with E-state index in [4.69, 9.17) is 0 Å². The van der Waals surface area contributed by atoms with Gasteiger partial charge in [-0.05, 0) is 38.0 Å². The first-order valence-electron chi connectivity index (χ1n) is 6.65. The van der Waals surface area contributed by atoms with Crippen LogP contribution in [-0.4, -0.2) is 60.1 Å². The summed E-state index contributed by atoms with van der Waals surface area (Å²) >= 11 is 3.21. The minimum absolute atomic E-state index is 0.0572. The quantitative estimate of drug-likeness (QED) is 0.944. The van der Waals surface area contributed by atoms with Crippen molar-refractivity contribution < 1.29 is 9.90 Å². The largest absolute Gasteiger partial charge is 0.391 e. The molecule has 1 fully saturated rings. The van der Waals surface area contributed by atoms with E-state index >= 15 is 0 Å². The molecule has 3 heterocycles. The van der Waals surface area contributed by atoms with E-state index in [1.165, 1.54) is 9.40 Å². The zero-order valence-corrected chi connectivity index (χ0v) is 13.2. The van der Waals surface area contributed by atoms with Crippen LogP contribution in [0.1, 0.15) is 16.1 Å². The molecule has 0 aromatic carbocycles. The molecule has 4 nitrogen and oxygen atoms in total. The van der Waals surface area contributed by atoms with Crippen molar-refractivity contribution in [2.75, 3.05) is 27.2 Å². The Morgan fingerprint density at radius 3 is 3.00 bits per heavy atom. The molecule has 1 amide bonds. The number of hydrogen-bond donors (Lipinski definition) is 1. The molecule has 2 unspecified atom stereocenters. The molecule has 108 valence electrons. The molecule has 20 heavy (non-hydrogen) atoms. The third kappa shape index (κ3) is 2.61. The van der Waals surface area contributed by atoms with Crippen LogP contribution in [0.5, 0.6) is 0 Å². The number of carbonyl (C=O) groups is 1. The Balaban J connectivity index is 1.82. The number of amides is 1. The van der Waals surface area contributed by atoms with Gasteiger partial charge in [-0.15, -0.1) is 22.7 Å². The van der Waals surface area contributed by atoms with E-state index in [9.17, 15) is 9.90 Å². The summed E-state index contributed by atoms with van der Waals surface area (Å²) in [5.74, 6) is 0.0572. The number of fused-ring (bicyclic) bond motifs is 1. The van der Waals surface area contributed by atoms with Crippen molar-refractivity contribution >= 4 is 38.0 Å². The van der Waals surface area contributed by atoms with Crippen LogP contribution in [0.15, 0.2) is 17.5 Å². The predicted molar refractivity (Wildman–Crippen MR) is 83.7 cm³/mol. The van der Waals surface area contributed by atoms with Crippen molar-refractivity contribution in [3.05, 3.63) is 22.4 Å². The fourth-order valence-corrected chi connectivity index (χ4v) is 4.81. The lowest BCUT2D eigenvalue weighted by atomic mass is 10.2. The first-order chi connectivity index (χ1) is 9.54. The molecule has 1 N–H and O–H groups in total. The van der Waals surface area contributed by atoms with Crippen LogP contribution in [0, 0.1) is 0 Å². The number of aliphatic hydroxyl groups excluding tert-OH is 1. The van der Waals surface area contributed by atoms with Crippen LogP contribution >= 0.6 is 22.7 Å². The molecule has 0 saturated carbocycles. The highest BCUT2D eigenvalue weighted by Crippen LogP contribution is 2.32. The van der Waals surface area contributed by atoms with Gasteiger partial charge in [0.05, 0.1) is 11.0 Å². The number of thiophene rings is 2. The van der Waals surface area contributed by atoms with Crippen LogP contribution in [-0.2, 0) is 0 Å². The third-order valence-electron chi connectivity index (χ3n) is 3.58. The van der Waals surface area contributed by atoms with Crippen LogP contribution in [0.25, 0.3) is 9.40 Å². The maximum atomic E-state index is 12.7. The normalized spacial score (nSPS) is 23.1. The second-order valence-electron chi connectivity index (χ2n) is 5.52. The van der Waals surface area contributed by atoms with Gasteiger partial charge in [-0.2, -0.15) is 0 Å². The van der Waals surface area contributed by atoms with E-state index in [1.54, 1.807) is 22.7 Å². The monoisotopic (exact) mass is 310 g/mol. The number of likely N-dealkylation sites (N-methyl/N-ethyl adjacent to an activating group) is 1.